The molecular weight excluding hydrogens is 408 g/mol. The first-order chi connectivity index (χ1) is 16.2. The Bertz CT molecular complexity index is 1270. The molecule has 4 heteroatoms. The standard InChI is InChI=1S/C29H24N2O2/c32-29-26(20-21-16-18-23(19-17-21)22-10-4-1-5-11-22)30-27(24-12-6-2-7-13-24)28(31(29)33)25-14-8-3-9-15-25/h1-19,26,30,33H,20H2. The lowest BCUT2D eigenvalue weighted by atomic mass is 9.96. The van der Waals surface area contributed by atoms with Crippen LogP contribution in [0.4, 0.5) is 0 Å². The van der Waals surface area contributed by atoms with Crippen LogP contribution >= 0.6 is 0 Å². The van der Waals surface area contributed by atoms with Crippen molar-refractivity contribution in [3.63, 3.8) is 0 Å². The van der Waals surface area contributed by atoms with Crippen molar-refractivity contribution in [1.82, 2.24) is 10.4 Å². The molecular formula is C29H24N2O2. The van der Waals surface area contributed by atoms with Crippen molar-refractivity contribution in [3.05, 3.63) is 132 Å². The molecule has 1 aliphatic heterocycles. The number of carbonyl (C=O) groups is 1. The summed E-state index contributed by atoms with van der Waals surface area (Å²) >= 11 is 0. The maximum absolute atomic E-state index is 13.2. The van der Waals surface area contributed by atoms with E-state index in [0.717, 1.165) is 38.6 Å². The van der Waals surface area contributed by atoms with Gasteiger partial charge in [0.25, 0.3) is 5.91 Å². The molecule has 0 aromatic heterocycles. The van der Waals surface area contributed by atoms with E-state index in [1.165, 1.54) is 0 Å². The van der Waals surface area contributed by atoms with Gasteiger partial charge in [0.15, 0.2) is 0 Å². The second-order valence-corrected chi connectivity index (χ2v) is 8.07. The molecule has 4 nitrogen and oxygen atoms in total. The van der Waals surface area contributed by atoms with Gasteiger partial charge in [0, 0.05) is 12.0 Å². The third kappa shape index (κ3) is 4.29. The summed E-state index contributed by atoms with van der Waals surface area (Å²) in [6, 6.07) is 37.1. The Morgan fingerprint density at radius 2 is 1.12 bits per heavy atom. The lowest BCUT2D eigenvalue weighted by Crippen LogP contribution is -2.50. The quantitative estimate of drug-likeness (QED) is 0.403. The average molecular weight is 433 g/mol. The van der Waals surface area contributed by atoms with Crippen molar-refractivity contribution < 1.29 is 10.0 Å². The van der Waals surface area contributed by atoms with Crippen molar-refractivity contribution >= 4 is 17.3 Å². The number of carbonyl (C=O) groups excluding carboxylic acids is 1. The molecule has 33 heavy (non-hydrogen) atoms. The average Bonchev–Trinajstić information content (AvgIpc) is 2.88. The number of hydrogen-bond acceptors (Lipinski definition) is 3. The summed E-state index contributed by atoms with van der Waals surface area (Å²) in [5, 5.41) is 15.2. The zero-order chi connectivity index (χ0) is 22.6. The molecule has 4 aromatic carbocycles. The fourth-order valence-corrected chi connectivity index (χ4v) is 4.19. The summed E-state index contributed by atoms with van der Waals surface area (Å²) < 4.78 is 0. The van der Waals surface area contributed by atoms with Gasteiger partial charge in [-0.25, -0.2) is 0 Å². The predicted molar refractivity (Wildman–Crippen MR) is 131 cm³/mol. The number of amides is 1. The van der Waals surface area contributed by atoms with Crippen LogP contribution in [0.5, 0.6) is 0 Å². The van der Waals surface area contributed by atoms with Gasteiger partial charge in [0.05, 0.1) is 5.70 Å². The van der Waals surface area contributed by atoms with E-state index in [9.17, 15) is 10.0 Å². The van der Waals surface area contributed by atoms with Gasteiger partial charge < -0.3 is 5.32 Å². The van der Waals surface area contributed by atoms with Gasteiger partial charge in [0.2, 0.25) is 0 Å². The summed E-state index contributed by atoms with van der Waals surface area (Å²) in [7, 11) is 0. The Balaban J connectivity index is 1.47. The Morgan fingerprint density at radius 1 is 0.636 bits per heavy atom. The number of hydroxylamine groups is 2. The van der Waals surface area contributed by atoms with Crippen LogP contribution in [0.2, 0.25) is 0 Å². The number of benzene rings is 4. The van der Waals surface area contributed by atoms with Crippen molar-refractivity contribution in [2.75, 3.05) is 0 Å². The van der Waals surface area contributed by atoms with Gasteiger partial charge >= 0.3 is 0 Å². The first-order valence-electron chi connectivity index (χ1n) is 11.0. The Morgan fingerprint density at radius 3 is 1.70 bits per heavy atom. The van der Waals surface area contributed by atoms with Crippen molar-refractivity contribution in [2.24, 2.45) is 0 Å². The molecule has 162 valence electrons. The molecule has 0 saturated carbocycles. The van der Waals surface area contributed by atoms with Gasteiger partial charge in [-0.05, 0) is 22.3 Å². The van der Waals surface area contributed by atoms with Crippen LogP contribution in [0, 0.1) is 0 Å². The third-order valence-corrected chi connectivity index (χ3v) is 5.88. The second kappa shape index (κ2) is 9.15. The molecule has 0 saturated heterocycles. The molecule has 1 unspecified atom stereocenters. The van der Waals surface area contributed by atoms with E-state index in [4.69, 9.17) is 0 Å². The lowest BCUT2D eigenvalue weighted by Gasteiger charge is -2.34. The zero-order valence-corrected chi connectivity index (χ0v) is 18.1. The Kier molecular flexibility index (Phi) is 5.75. The Labute approximate surface area is 193 Å². The molecule has 5 rings (SSSR count). The highest BCUT2D eigenvalue weighted by Gasteiger charge is 2.35. The van der Waals surface area contributed by atoms with E-state index < -0.39 is 6.04 Å². The van der Waals surface area contributed by atoms with Crippen LogP contribution in [-0.2, 0) is 11.2 Å². The molecule has 1 atom stereocenters. The summed E-state index contributed by atoms with van der Waals surface area (Å²) in [4.78, 5) is 13.2. The summed E-state index contributed by atoms with van der Waals surface area (Å²) in [5.41, 5.74) is 6.17. The third-order valence-electron chi connectivity index (χ3n) is 5.88. The Hall–Kier alpha value is -4.15. The van der Waals surface area contributed by atoms with Crippen LogP contribution in [0.15, 0.2) is 115 Å². The minimum Gasteiger partial charge on any atom is -0.371 e. The zero-order valence-electron chi connectivity index (χ0n) is 18.1. The summed E-state index contributed by atoms with van der Waals surface area (Å²) in [6.07, 6.45) is 0.462. The van der Waals surface area contributed by atoms with E-state index in [1.807, 2.05) is 91.0 Å². The fraction of sp³-hybridized carbons (Fsp3) is 0.0690. The van der Waals surface area contributed by atoms with E-state index in [0.29, 0.717) is 12.1 Å². The van der Waals surface area contributed by atoms with E-state index in [2.05, 4.69) is 29.6 Å². The van der Waals surface area contributed by atoms with E-state index in [1.54, 1.807) is 0 Å². The number of rotatable bonds is 5. The van der Waals surface area contributed by atoms with E-state index >= 15 is 0 Å². The number of nitrogens with one attached hydrogen (secondary N) is 1. The molecule has 1 amide bonds. The first kappa shape index (κ1) is 20.7. The fourth-order valence-electron chi connectivity index (χ4n) is 4.19. The molecule has 0 spiro atoms. The number of nitrogens with zero attached hydrogens (tertiary/aromatic N) is 1. The van der Waals surface area contributed by atoms with Crippen LogP contribution < -0.4 is 5.32 Å². The van der Waals surface area contributed by atoms with Gasteiger partial charge in [-0.1, -0.05) is 115 Å². The minimum atomic E-state index is -0.583. The second-order valence-electron chi connectivity index (χ2n) is 8.07. The molecule has 0 bridgehead atoms. The predicted octanol–water partition coefficient (Wildman–Crippen LogP) is 5.61. The topological polar surface area (TPSA) is 52.6 Å². The maximum atomic E-state index is 13.2. The molecule has 0 aliphatic carbocycles. The van der Waals surface area contributed by atoms with Crippen molar-refractivity contribution in [1.29, 1.82) is 0 Å². The smallest absolute Gasteiger partial charge is 0.273 e. The largest absolute Gasteiger partial charge is 0.371 e. The number of hydrogen-bond donors (Lipinski definition) is 2. The highest BCUT2D eigenvalue weighted by Crippen LogP contribution is 2.32. The van der Waals surface area contributed by atoms with Crippen LogP contribution in [0.3, 0.4) is 0 Å². The first-order valence-corrected chi connectivity index (χ1v) is 11.0. The maximum Gasteiger partial charge on any atom is 0.273 e. The SMILES string of the molecule is O=C1C(Cc2ccc(-c3ccccc3)cc2)NC(c2ccccc2)=C(c2ccccc2)N1O. The molecule has 0 radical (unpaired) electrons. The van der Waals surface area contributed by atoms with E-state index in [-0.39, 0.29) is 5.91 Å². The van der Waals surface area contributed by atoms with Crippen molar-refractivity contribution in [2.45, 2.75) is 12.5 Å². The highest BCUT2D eigenvalue weighted by atomic mass is 16.5. The summed E-state index contributed by atoms with van der Waals surface area (Å²) in [6.45, 7) is 0. The molecule has 4 aromatic rings. The van der Waals surface area contributed by atoms with Gasteiger partial charge in [-0.2, -0.15) is 5.06 Å². The minimum absolute atomic E-state index is 0.374. The van der Waals surface area contributed by atoms with Crippen LogP contribution in [0.25, 0.3) is 22.5 Å². The molecule has 1 aliphatic rings. The molecule has 2 N–H and O–H groups in total. The van der Waals surface area contributed by atoms with Gasteiger partial charge in [-0.15, -0.1) is 0 Å². The van der Waals surface area contributed by atoms with Gasteiger partial charge in [0.1, 0.15) is 11.7 Å². The lowest BCUT2D eigenvalue weighted by molar-refractivity contribution is -0.154. The highest BCUT2D eigenvalue weighted by molar-refractivity contribution is 6.02. The van der Waals surface area contributed by atoms with Crippen LogP contribution in [-0.4, -0.2) is 22.2 Å². The summed E-state index contributed by atoms with van der Waals surface area (Å²) in [5.74, 6) is -0.374. The van der Waals surface area contributed by atoms with Crippen LogP contribution in [0.1, 0.15) is 16.7 Å². The molecule has 1 heterocycles. The molecule has 0 fully saturated rings. The monoisotopic (exact) mass is 432 g/mol. The normalized spacial score (nSPS) is 16.0. The van der Waals surface area contributed by atoms with Gasteiger partial charge in [-0.3, -0.25) is 10.0 Å². The van der Waals surface area contributed by atoms with Crippen molar-refractivity contribution in [3.8, 4) is 11.1 Å².